The summed E-state index contributed by atoms with van der Waals surface area (Å²) in [6.07, 6.45) is 1.03. The minimum absolute atomic E-state index is 0.160. The number of benzene rings is 1. The highest BCUT2D eigenvalue weighted by Crippen LogP contribution is 2.17. The second-order valence-electron chi connectivity index (χ2n) is 6.30. The number of rotatable bonds is 6. The largest absolute Gasteiger partial charge is 0.379 e. The van der Waals surface area contributed by atoms with Crippen molar-refractivity contribution in [3.63, 3.8) is 0 Å². The fraction of sp³-hybridized carbons (Fsp3) is 0.588. The Morgan fingerprint density at radius 1 is 1.36 bits per heavy atom. The Kier molecular flexibility index (Phi) is 5.80. The van der Waals surface area contributed by atoms with Gasteiger partial charge in [0.25, 0.3) is 0 Å². The molecule has 1 aromatic rings. The molecule has 2 N–H and O–H groups in total. The summed E-state index contributed by atoms with van der Waals surface area (Å²) in [5, 5.41) is 5.91. The first-order valence-electron chi connectivity index (χ1n) is 7.81. The van der Waals surface area contributed by atoms with E-state index in [-0.39, 0.29) is 17.7 Å². The molecule has 0 unspecified atom stereocenters. The lowest BCUT2D eigenvalue weighted by molar-refractivity contribution is 0.0652. The predicted molar refractivity (Wildman–Crippen MR) is 85.6 cm³/mol. The molecule has 0 spiro atoms. The van der Waals surface area contributed by atoms with Gasteiger partial charge in [0.2, 0.25) is 0 Å². The van der Waals surface area contributed by atoms with Gasteiger partial charge in [0.15, 0.2) is 0 Å². The molecule has 2 rings (SSSR count). The molecule has 22 heavy (non-hydrogen) atoms. The summed E-state index contributed by atoms with van der Waals surface area (Å²) in [5.74, 6) is 0. The highest BCUT2D eigenvalue weighted by molar-refractivity contribution is 5.74. The summed E-state index contributed by atoms with van der Waals surface area (Å²) < 4.78 is 11.0. The van der Waals surface area contributed by atoms with Crippen LogP contribution in [0.1, 0.15) is 38.3 Å². The number of urea groups is 1. The Balaban J connectivity index is 1.86. The molecule has 0 bridgehead atoms. The van der Waals surface area contributed by atoms with Gasteiger partial charge >= 0.3 is 6.03 Å². The Bertz CT molecular complexity index is 496. The Labute approximate surface area is 132 Å². The van der Waals surface area contributed by atoms with Crippen molar-refractivity contribution in [2.75, 3.05) is 13.2 Å². The first kappa shape index (κ1) is 16.8. The number of hydrogen-bond acceptors (Lipinski definition) is 3. The van der Waals surface area contributed by atoms with Crippen molar-refractivity contribution in [2.45, 2.75) is 52.0 Å². The van der Waals surface area contributed by atoms with E-state index in [0.29, 0.717) is 26.4 Å². The minimum Gasteiger partial charge on any atom is -0.379 e. The normalized spacial score (nSPS) is 21.1. The fourth-order valence-corrected chi connectivity index (χ4v) is 2.39. The first-order chi connectivity index (χ1) is 10.5. The molecular formula is C17H26N2O3. The topological polar surface area (TPSA) is 59.6 Å². The van der Waals surface area contributed by atoms with Crippen LogP contribution in [0.3, 0.4) is 0 Å². The van der Waals surface area contributed by atoms with Crippen molar-refractivity contribution >= 4 is 6.03 Å². The molecule has 5 nitrogen and oxygen atoms in total. The number of hydrogen-bond donors (Lipinski definition) is 2. The Hall–Kier alpha value is -1.59. The fourth-order valence-electron chi connectivity index (χ4n) is 2.39. The van der Waals surface area contributed by atoms with Crippen LogP contribution in [0, 0.1) is 0 Å². The van der Waals surface area contributed by atoms with Crippen molar-refractivity contribution in [1.29, 1.82) is 0 Å². The smallest absolute Gasteiger partial charge is 0.315 e. The summed E-state index contributed by atoms with van der Waals surface area (Å²) in [7, 11) is 0. The van der Waals surface area contributed by atoms with E-state index in [9.17, 15) is 4.79 Å². The maximum atomic E-state index is 12.0. The van der Waals surface area contributed by atoms with E-state index in [0.717, 1.165) is 17.5 Å². The van der Waals surface area contributed by atoms with Crippen LogP contribution < -0.4 is 10.6 Å². The lowest BCUT2D eigenvalue weighted by Crippen LogP contribution is -2.50. The third-order valence-corrected chi connectivity index (χ3v) is 3.76. The predicted octanol–water partition coefficient (Wildman–Crippen LogP) is 2.59. The zero-order valence-corrected chi connectivity index (χ0v) is 13.6. The zero-order valence-electron chi connectivity index (χ0n) is 13.6. The van der Waals surface area contributed by atoms with E-state index in [1.807, 2.05) is 45.0 Å². The molecule has 1 saturated heterocycles. The summed E-state index contributed by atoms with van der Waals surface area (Å²) in [6, 6.07) is 7.84. The van der Waals surface area contributed by atoms with Crippen LogP contribution in [0.2, 0.25) is 0 Å². The summed E-state index contributed by atoms with van der Waals surface area (Å²) in [4.78, 5) is 12.0. The van der Waals surface area contributed by atoms with Crippen LogP contribution in [0.15, 0.2) is 24.3 Å². The Morgan fingerprint density at radius 3 is 2.73 bits per heavy atom. The van der Waals surface area contributed by atoms with Crippen molar-refractivity contribution in [2.24, 2.45) is 0 Å². The quantitative estimate of drug-likeness (QED) is 0.849. The summed E-state index contributed by atoms with van der Waals surface area (Å²) in [6.45, 7) is 8.34. The molecule has 1 aliphatic heterocycles. The molecule has 1 heterocycles. The third kappa shape index (κ3) is 5.00. The van der Waals surface area contributed by atoms with Gasteiger partial charge in [0.1, 0.15) is 0 Å². The highest BCUT2D eigenvalue weighted by Gasteiger charge is 2.31. The lowest BCUT2D eigenvalue weighted by Gasteiger charge is -2.23. The molecule has 1 fully saturated rings. The first-order valence-corrected chi connectivity index (χ1v) is 7.81. The maximum absolute atomic E-state index is 12.0. The van der Waals surface area contributed by atoms with Gasteiger partial charge in [-0.25, -0.2) is 4.79 Å². The SMILES string of the molecule is CC(C)OCc1ccccc1CNC(=O)N[C@]1(C)CCOC1. The maximum Gasteiger partial charge on any atom is 0.315 e. The molecule has 0 aromatic heterocycles. The average Bonchev–Trinajstić information content (AvgIpc) is 2.90. The van der Waals surface area contributed by atoms with Gasteiger partial charge in [0, 0.05) is 13.2 Å². The molecule has 1 atom stereocenters. The number of amides is 2. The van der Waals surface area contributed by atoms with E-state index >= 15 is 0 Å². The third-order valence-electron chi connectivity index (χ3n) is 3.76. The van der Waals surface area contributed by atoms with Crippen LogP contribution in [0.25, 0.3) is 0 Å². The number of ether oxygens (including phenoxy) is 2. The van der Waals surface area contributed by atoms with Crippen LogP contribution in [-0.2, 0) is 22.6 Å². The van der Waals surface area contributed by atoms with Gasteiger partial charge in [-0.15, -0.1) is 0 Å². The number of carbonyl (C=O) groups is 1. The van der Waals surface area contributed by atoms with Gasteiger partial charge in [-0.2, -0.15) is 0 Å². The van der Waals surface area contributed by atoms with Gasteiger partial charge < -0.3 is 20.1 Å². The van der Waals surface area contributed by atoms with Crippen molar-refractivity contribution in [1.82, 2.24) is 10.6 Å². The van der Waals surface area contributed by atoms with Crippen LogP contribution in [0.5, 0.6) is 0 Å². The van der Waals surface area contributed by atoms with Gasteiger partial charge in [-0.3, -0.25) is 0 Å². The van der Waals surface area contributed by atoms with Crippen LogP contribution in [-0.4, -0.2) is 30.9 Å². The van der Waals surface area contributed by atoms with Gasteiger partial charge in [-0.05, 0) is 38.3 Å². The molecule has 0 radical (unpaired) electrons. The van der Waals surface area contributed by atoms with E-state index in [1.165, 1.54) is 0 Å². The molecular weight excluding hydrogens is 280 g/mol. The molecule has 0 aliphatic carbocycles. The molecule has 5 heteroatoms. The van der Waals surface area contributed by atoms with E-state index in [4.69, 9.17) is 9.47 Å². The number of nitrogens with one attached hydrogen (secondary N) is 2. The van der Waals surface area contributed by atoms with Crippen LogP contribution in [0.4, 0.5) is 4.79 Å². The highest BCUT2D eigenvalue weighted by atomic mass is 16.5. The summed E-state index contributed by atoms with van der Waals surface area (Å²) >= 11 is 0. The van der Waals surface area contributed by atoms with Crippen LogP contribution >= 0.6 is 0 Å². The monoisotopic (exact) mass is 306 g/mol. The second kappa shape index (κ2) is 7.61. The van der Waals surface area contributed by atoms with Gasteiger partial charge in [0.05, 0.1) is 24.9 Å². The minimum atomic E-state index is -0.260. The lowest BCUT2D eigenvalue weighted by atomic mass is 10.0. The summed E-state index contributed by atoms with van der Waals surface area (Å²) in [5.41, 5.74) is 1.92. The van der Waals surface area contributed by atoms with E-state index in [2.05, 4.69) is 10.6 Å². The van der Waals surface area contributed by atoms with Gasteiger partial charge in [-0.1, -0.05) is 24.3 Å². The standard InChI is InChI=1S/C17H26N2O3/c1-13(2)22-11-15-7-5-4-6-14(15)10-18-16(20)19-17(3)8-9-21-12-17/h4-7,13H,8-12H2,1-3H3,(H2,18,19,20)/t17-/m1/s1. The van der Waals surface area contributed by atoms with E-state index in [1.54, 1.807) is 0 Å². The molecule has 2 amide bonds. The molecule has 1 aromatic carbocycles. The second-order valence-corrected chi connectivity index (χ2v) is 6.30. The zero-order chi connectivity index (χ0) is 16.0. The van der Waals surface area contributed by atoms with Crippen molar-refractivity contribution in [3.8, 4) is 0 Å². The Morgan fingerprint density at radius 2 is 2.09 bits per heavy atom. The molecule has 122 valence electrons. The van der Waals surface area contributed by atoms with Crippen molar-refractivity contribution in [3.05, 3.63) is 35.4 Å². The van der Waals surface area contributed by atoms with E-state index < -0.39 is 0 Å². The molecule has 1 aliphatic rings. The molecule has 0 saturated carbocycles. The number of carbonyl (C=O) groups excluding carboxylic acids is 1. The van der Waals surface area contributed by atoms with Crippen molar-refractivity contribution < 1.29 is 14.3 Å². The average molecular weight is 306 g/mol.